The van der Waals surface area contributed by atoms with Crippen molar-refractivity contribution in [2.45, 2.75) is 366 Å². The van der Waals surface area contributed by atoms with Gasteiger partial charge in [-0.1, -0.05) is 294 Å². The lowest BCUT2D eigenvalue weighted by Crippen LogP contribution is -2.45. The van der Waals surface area contributed by atoms with Crippen LogP contribution < -0.4 is 5.32 Å². The molecule has 0 aromatic carbocycles. The summed E-state index contributed by atoms with van der Waals surface area (Å²) in [5.41, 5.74) is 0. The summed E-state index contributed by atoms with van der Waals surface area (Å²) in [5, 5.41) is 23.4. The summed E-state index contributed by atoms with van der Waals surface area (Å²) >= 11 is 0. The van der Waals surface area contributed by atoms with Gasteiger partial charge in [-0.2, -0.15) is 0 Å². The van der Waals surface area contributed by atoms with E-state index in [2.05, 4.69) is 55.6 Å². The number of aliphatic hydroxyl groups excluding tert-OH is 2. The van der Waals surface area contributed by atoms with E-state index in [1.165, 1.54) is 270 Å². The number of ether oxygens (including phenoxy) is 1. The van der Waals surface area contributed by atoms with Crippen molar-refractivity contribution in [2.75, 3.05) is 13.2 Å². The maximum atomic E-state index is 12.5. The summed E-state index contributed by atoms with van der Waals surface area (Å²) < 4.78 is 5.48. The van der Waals surface area contributed by atoms with E-state index in [9.17, 15) is 19.8 Å². The van der Waals surface area contributed by atoms with Gasteiger partial charge in [0.15, 0.2) is 0 Å². The highest BCUT2D eigenvalue weighted by molar-refractivity contribution is 5.76. The van der Waals surface area contributed by atoms with Crippen LogP contribution in [0.2, 0.25) is 0 Å². The molecule has 73 heavy (non-hydrogen) atoms. The first-order chi connectivity index (χ1) is 36.0. The van der Waals surface area contributed by atoms with Crippen molar-refractivity contribution in [3.8, 4) is 0 Å². The minimum absolute atomic E-state index is 0.00316. The second-order valence-electron chi connectivity index (χ2n) is 22.4. The van der Waals surface area contributed by atoms with Crippen LogP contribution in [0.5, 0.6) is 0 Å². The van der Waals surface area contributed by atoms with Crippen LogP contribution in [0.25, 0.3) is 0 Å². The summed E-state index contributed by atoms with van der Waals surface area (Å²) in [5.74, 6) is -0.0428. The molecule has 0 aliphatic rings. The third-order valence-electron chi connectivity index (χ3n) is 15.2. The number of allylic oxidation sites excluding steroid dienone is 6. The molecule has 430 valence electrons. The van der Waals surface area contributed by atoms with Gasteiger partial charge in [0.1, 0.15) is 0 Å². The molecule has 2 atom stereocenters. The zero-order valence-corrected chi connectivity index (χ0v) is 49.1. The molecule has 0 spiro atoms. The third kappa shape index (κ3) is 59.2. The van der Waals surface area contributed by atoms with Gasteiger partial charge in [-0.3, -0.25) is 9.59 Å². The van der Waals surface area contributed by atoms with Crippen molar-refractivity contribution < 1.29 is 24.5 Å². The lowest BCUT2D eigenvalue weighted by atomic mass is 10.0. The molecule has 0 aromatic heterocycles. The minimum atomic E-state index is -0.670. The summed E-state index contributed by atoms with van der Waals surface area (Å²) in [6.45, 7) is 4.95. The molecule has 0 bridgehead atoms. The van der Waals surface area contributed by atoms with Crippen LogP contribution in [0.15, 0.2) is 36.5 Å². The van der Waals surface area contributed by atoms with Crippen LogP contribution in [-0.2, 0) is 14.3 Å². The van der Waals surface area contributed by atoms with Gasteiger partial charge in [0.25, 0.3) is 0 Å². The standard InChI is InChI=1S/C67H127NO5/c1-3-5-7-9-11-13-15-17-19-21-28-31-35-39-43-47-51-55-59-65(70)64(63-69)68-66(71)60-56-52-48-44-40-36-32-29-26-24-22-23-25-27-30-34-38-42-46-50-54-58-62-73-67(72)61-57-53-49-45-41-37-33-20-18-16-14-12-10-8-6-4-2/h14,16,20,24,26,33,64-65,69-70H,3-13,15,17-19,21-23,25,27-32,34-63H2,1-2H3,(H,68,71)/b16-14-,26-24-,33-20-. The number of amides is 1. The van der Waals surface area contributed by atoms with Gasteiger partial charge >= 0.3 is 5.97 Å². The maximum Gasteiger partial charge on any atom is 0.305 e. The first-order valence-corrected chi connectivity index (χ1v) is 32.7. The Labute approximate surface area is 455 Å². The van der Waals surface area contributed by atoms with Crippen molar-refractivity contribution >= 4 is 11.9 Å². The second-order valence-corrected chi connectivity index (χ2v) is 22.4. The Kier molecular flexibility index (Phi) is 61.0. The Bertz CT molecular complexity index is 1180. The molecule has 0 radical (unpaired) electrons. The number of aliphatic hydroxyl groups is 2. The number of carbonyl (C=O) groups is 2. The normalized spacial score (nSPS) is 12.8. The molecule has 1 amide bonds. The van der Waals surface area contributed by atoms with Crippen molar-refractivity contribution in [1.82, 2.24) is 5.32 Å². The molecule has 2 unspecified atom stereocenters. The second kappa shape index (κ2) is 62.6. The summed E-state index contributed by atoms with van der Waals surface area (Å²) in [7, 11) is 0. The van der Waals surface area contributed by atoms with Gasteiger partial charge < -0.3 is 20.3 Å². The first kappa shape index (κ1) is 71.1. The smallest absolute Gasteiger partial charge is 0.305 e. The molecule has 6 heteroatoms. The van der Waals surface area contributed by atoms with Gasteiger partial charge in [-0.15, -0.1) is 0 Å². The van der Waals surface area contributed by atoms with Crippen molar-refractivity contribution in [2.24, 2.45) is 0 Å². The zero-order valence-electron chi connectivity index (χ0n) is 49.1. The van der Waals surface area contributed by atoms with Crippen molar-refractivity contribution in [3.05, 3.63) is 36.5 Å². The Morgan fingerprint density at radius 1 is 0.384 bits per heavy atom. The molecule has 0 aliphatic carbocycles. The SMILES string of the molecule is CCCCCC/C=C\C/C=C\CCCCCCCC(=O)OCCCCCCCCCCCCC/C=C\CCCCCCCCCC(=O)NC(CO)C(O)CCCCCCCCCCCCCCCCCCCC. The zero-order chi connectivity index (χ0) is 52.9. The first-order valence-electron chi connectivity index (χ1n) is 32.7. The van der Waals surface area contributed by atoms with E-state index in [1.807, 2.05) is 0 Å². The highest BCUT2D eigenvalue weighted by atomic mass is 16.5. The molecular formula is C67H127NO5. The number of rotatable bonds is 61. The van der Waals surface area contributed by atoms with E-state index in [1.54, 1.807) is 0 Å². The van der Waals surface area contributed by atoms with Crippen LogP contribution in [0.4, 0.5) is 0 Å². The minimum Gasteiger partial charge on any atom is -0.466 e. The van der Waals surface area contributed by atoms with E-state index < -0.39 is 12.1 Å². The fourth-order valence-electron chi connectivity index (χ4n) is 10.1. The van der Waals surface area contributed by atoms with Gasteiger partial charge in [0.05, 0.1) is 25.4 Å². The molecule has 0 aromatic rings. The molecule has 0 saturated carbocycles. The fourth-order valence-corrected chi connectivity index (χ4v) is 10.1. The van der Waals surface area contributed by atoms with Crippen LogP contribution in [0.1, 0.15) is 354 Å². The van der Waals surface area contributed by atoms with Gasteiger partial charge in [-0.25, -0.2) is 0 Å². The molecule has 0 heterocycles. The molecule has 0 saturated heterocycles. The average Bonchev–Trinajstić information content (AvgIpc) is 3.39. The number of hydrogen-bond donors (Lipinski definition) is 3. The fraction of sp³-hybridized carbons (Fsp3) is 0.881. The molecule has 3 N–H and O–H groups in total. The van der Waals surface area contributed by atoms with E-state index in [0.29, 0.717) is 25.9 Å². The number of esters is 1. The van der Waals surface area contributed by atoms with Crippen LogP contribution in [0, 0.1) is 0 Å². The van der Waals surface area contributed by atoms with E-state index >= 15 is 0 Å². The van der Waals surface area contributed by atoms with Gasteiger partial charge in [0, 0.05) is 12.8 Å². The molecule has 0 aliphatic heterocycles. The molecule has 0 fully saturated rings. The number of unbranched alkanes of at least 4 members (excludes halogenated alkanes) is 44. The molecule has 0 rings (SSSR count). The Morgan fingerprint density at radius 2 is 0.685 bits per heavy atom. The Balaban J connectivity index is 3.42. The van der Waals surface area contributed by atoms with E-state index in [-0.39, 0.29) is 18.5 Å². The molecular weight excluding hydrogens is 899 g/mol. The maximum absolute atomic E-state index is 12.5. The van der Waals surface area contributed by atoms with Gasteiger partial charge in [0.2, 0.25) is 5.91 Å². The van der Waals surface area contributed by atoms with Crippen LogP contribution >= 0.6 is 0 Å². The lowest BCUT2D eigenvalue weighted by Gasteiger charge is -2.22. The van der Waals surface area contributed by atoms with Crippen LogP contribution in [-0.4, -0.2) is 47.4 Å². The van der Waals surface area contributed by atoms with E-state index in [0.717, 1.165) is 51.4 Å². The topological polar surface area (TPSA) is 95.9 Å². The Morgan fingerprint density at radius 3 is 1.07 bits per heavy atom. The highest BCUT2D eigenvalue weighted by Gasteiger charge is 2.20. The number of nitrogens with one attached hydrogen (secondary N) is 1. The average molecular weight is 1030 g/mol. The quantitative estimate of drug-likeness (QED) is 0.0320. The monoisotopic (exact) mass is 1030 g/mol. The summed E-state index contributed by atoms with van der Waals surface area (Å²) in [6.07, 6.45) is 78.7. The number of hydrogen-bond acceptors (Lipinski definition) is 5. The van der Waals surface area contributed by atoms with E-state index in [4.69, 9.17) is 4.74 Å². The summed E-state index contributed by atoms with van der Waals surface area (Å²) in [4.78, 5) is 24.6. The third-order valence-corrected chi connectivity index (χ3v) is 15.2. The van der Waals surface area contributed by atoms with Crippen LogP contribution in [0.3, 0.4) is 0 Å². The highest BCUT2D eigenvalue weighted by Crippen LogP contribution is 2.18. The molecule has 6 nitrogen and oxygen atoms in total. The largest absolute Gasteiger partial charge is 0.466 e. The number of carbonyl (C=O) groups excluding carboxylic acids is 2. The van der Waals surface area contributed by atoms with Crippen molar-refractivity contribution in [3.63, 3.8) is 0 Å². The Hall–Kier alpha value is -1.92. The predicted molar refractivity (Wildman–Crippen MR) is 319 cm³/mol. The predicted octanol–water partition coefficient (Wildman–Crippen LogP) is 20.8. The lowest BCUT2D eigenvalue weighted by molar-refractivity contribution is -0.143. The van der Waals surface area contributed by atoms with Gasteiger partial charge in [-0.05, 0) is 83.5 Å². The van der Waals surface area contributed by atoms with Crippen molar-refractivity contribution in [1.29, 1.82) is 0 Å². The summed E-state index contributed by atoms with van der Waals surface area (Å²) in [6, 6.07) is -0.548.